The first kappa shape index (κ1) is 20.0. The van der Waals surface area contributed by atoms with E-state index in [1.54, 1.807) is 29.2 Å². The highest BCUT2D eigenvalue weighted by molar-refractivity contribution is 6.32. The van der Waals surface area contributed by atoms with Gasteiger partial charge in [-0.2, -0.15) is 0 Å². The van der Waals surface area contributed by atoms with E-state index >= 15 is 0 Å². The number of unbranched alkanes of at least 4 members (excludes halogenated alkanes) is 2. The van der Waals surface area contributed by atoms with Gasteiger partial charge in [-0.3, -0.25) is 9.59 Å². The van der Waals surface area contributed by atoms with E-state index in [0.29, 0.717) is 33.1 Å². The summed E-state index contributed by atoms with van der Waals surface area (Å²) in [5.41, 5.74) is 2.11. The van der Waals surface area contributed by atoms with Crippen molar-refractivity contribution in [3.8, 4) is 0 Å². The van der Waals surface area contributed by atoms with Gasteiger partial charge in [0.15, 0.2) is 5.43 Å². The number of aryl methyl sites for hydroxylation is 1. The number of carbonyl (C=O) groups is 1. The standard InChI is InChI=1S/C23H21Cl2NO3/c1-3-4-5-9-26-20(14-7-6-8-15(24)11-14)19-21(27)16-12-17(25)13(2)10-18(16)29-22(19)23(26)28/h6-8,10-12,20H,3-5,9H2,1-2H3. The first-order valence-corrected chi connectivity index (χ1v) is 10.5. The van der Waals surface area contributed by atoms with Crippen molar-refractivity contribution in [3.05, 3.63) is 79.1 Å². The van der Waals surface area contributed by atoms with Crippen LogP contribution in [0.1, 0.15) is 59.5 Å². The molecule has 1 aromatic heterocycles. The highest BCUT2D eigenvalue weighted by Gasteiger charge is 2.42. The summed E-state index contributed by atoms with van der Waals surface area (Å²) < 4.78 is 5.97. The fraction of sp³-hybridized carbons (Fsp3) is 0.304. The Kier molecular flexibility index (Phi) is 5.41. The van der Waals surface area contributed by atoms with Crippen LogP contribution in [0, 0.1) is 6.92 Å². The van der Waals surface area contributed by atoms with Crippen LogP contribution in [0.4, 0.5) is 0 Å². The first-order chi connectivity index (χ1) is 13.9. The maximum absolute atomic E-state index is 13.4. The largest absolute Gasteiger partial charge is 0.450 e. The molecule has 1 aliphatic rings. The van der Waals surface area contributed by atoms with Gasteiger partial charge < -0.3 is 9.32 Å². The summed E-state index contributed by atoms with van der Waals surface area (Å²) in [6.45, 7) is 4.49. The number of halogens is 2. The quantitative estimate of drug-likeness (QED) is 0.457. The minimum atomic E-state index is -0.520. The normalized spacial score (nSPS) is 15.9. The molecule has 2 aromatic carbocycles. The summed E-state index contributed by atoms with van der Waals surface area (Å²) in [6.07, 6.45) is 2.89. The van der Waals surface area contributed by atoms with E-state index in [-0.39, 0.29) is 17.1 Å². The Labute approximate surface area is 179 Å². The number of carbonyl (C=O) groups excluding carboxylic acids is 1. The van der Waals surface area contributed by atoms with Gasteiger partial charge in [-0.1, -0.05) is 55.1 Å². The Morgan fingerprint density at radius 2 is 1.90 bits per heavy atom. The molecule has 150 valence electrons. The van der Waals surface area contributed by atoms with Gasteiger partial charge in [0.25, 0.3) is 5.91 Å². The summed E-state index contributed by atoms with van der Waals surface area (Å²) in [5.74, 6) is -0.140. The van der Waals surface area contributed by atoms with Gasteiger partial charge in [-0.25, -0.2) is 0 Å². The summed E-state index contributed by atoms with van der Waals surface area (Å²) >= 11 is 12.5. The minimum Gasteiger partial charge on any atom is -0.450 e. The van der Waals surface area contributed by atoms with Crippen molar-refractivity contribution in [1.29, 1.82) is 0 Å². The van der Waals surface area contributed by atoms with E-state index in [1.165, 1.54) is 0 Å². The molecule has 0 spiro atoms. The van der Waals surface area contributed by atoms with Crippen LogP contribution in [0.25, 0.3) is 11.0 Å². The number of hydrogen-bond acceptors (Lipinski definition) is 3. The van der Waals surface area contributed by atoms with E-state index < -0.39 is 6.04 Å². The first-order valence-electron chi connectivity index (χ1n) is 9.75. The summed E-state index contributed by atoms with van der Waals surface area (Å²) in [5, 5.41) is 1.43. The lowest BCUT2D eigenvalue weighted by atomic mass is 9.98. The average molecular weight is 430 g/mol. The molecule has 6 heteroatoms. The Bertz CT molecular complexity index is 1170. The predicted octanol–water partition coefficient (Wildman–Crippen LogP) is 6.14. The van der Waals surface area contributed by atoms with Gasteiger partial charge in [-0.15, -0.1) is 0 Å². The molecule has 1 aliphatic heterocycles. The molecule has 0 fully saturated rings. The zero-order valence-corrected chi connectivity index (χ0v) is 17.8. The zero-order valence-electron chi connectivity index (χ0n) is 16.3. The van der Waals surface area contributed by atoms with Crippen LogP contribution in [0.15, 0.2) is 45.6 Å². The number of rotatable bonds is 5. The summed E-state index contributed by atoms with van der Waals surface area (Å²) in [7, 11) is 0. The number of nitrogens with zero attached hydrogens (tertiary/aromatic N) is 1. The van der Waals surface area contributed by atoms with E-state index in [2.05, 4.69) is 6.92 Å². The van der Waals surface area contributed by atoms with E-state index in [9.17, 15) is 9.59 Å². The molecule has 4 nitrogen and oxygen atoms in total. The van der Waals surface area contributed by atoms with Crippen molar-refractivity contribution >= 4 is 40.1 Å². The van der Waals surface area contributed by atoms with Crippen molar-refractivity contribution in [2.75, 3.05) is 6.54 Å². The maximum atomic E-state index is 13.4. The number of amides is 1. The second-order valence-corrected chi connectivity index (χ2v) is 8.28. The molecule has 1 unspecified atom stereocenters. The molecular formula is C23H21Cl2NO3. The Balaban J connectivity index is 1.95. The molecular weight excluding hydrogens is 409 g/mol. The number of hydrogen-bond donors (Lipinski definition) is 0. The van der Waals surface area contributed by atoms with E-state index in [0.717, 1.165) is 30.4 Å². The fourth-order valence-corrected chi connectivity index (χ4v) is 4.29. The second kappa shape index (κ2) is 7.85. The van der Waals surface area contributed by atoms with Crippen LogP contribution >= 0.6 is 23.2 Å². The second-order valence-electron chi connectivity index (χ2n) is 7.43. The van der Waals surface area contributed by atoms with Gasteiger partial charge in [-0.05, 0) is 48.7 Å². The third-order valence-electron chi connectivity index (χ3n) is 5.41. The van der Waals surface area contributed by atoms with Crippen LogP contribution < -0.4 is 5.43 Å². The monoisotopic (exact) mass is 429 g/mol. The molecule has 2 heterocycles. The average Bonchev–Trinajstić information content (AvgIpc) is 2.96. The van der Waals surface area contributed by atoms with Gasteiger partial charge in [0.1, 0.15) is 5.58 Å². The van der Waals surface area contributed by atoms with Crippen LogP contribution in [0.2, 0.25) is 10.0 Å². The molecule has 0 bridgehead atoms. The van der Waals surface area contributed by atoms with Crippen LogP contribution in [0.3, 0.4) is 0 Å². The Morgan fingerprint density at radius 3 is 2.62 bits per heavy atom. The molecule has 29 heavy (non-hydrogen) atoms. The third-order valence-corrected chi connectivity index (χ3v) is 6.06. The molecule has 1 atom stereocenters. The van der Waals surface area contributed by atoms with E-state index in [1.807, 2.05) is 19.1 Å². The molecule has 4 rings (SSSR count). The minimum absolute atomic E-state index is 0.116. The molecule has 0 saturated carbocycles. The van der Waals surface area contributed by atoms with Crippen molar-refractivity contribution in [3.63, 3.8) is 0 Å². The molecule has 0 saturated heterocycles. The topological polar surface area (TPSA) is 50.5 Å². The zero-order chi connectivity index (χ0) is 20.7. The number of fused-ring (bicyclic) bond motifs is 2. The summed E-state index contributed by atoms with van der Waals surface area (Å²) in [6, 6.07) is 10.1. The highest BCUT2D eigenvalue weighted by Crippen LogP contribution is 2.39. The van der Waals surface area contributed by atoms with E-state index in [4.69, 9.17) is 27.6 Å². The van der Waals surface area contributed by atoms with Gasteiger partial charge in [0, 0.05) is 16.6 Å². The SMILES string of the molecule is CCCCCN1C(=O)c2oc3cc(C)c(Cl)cc3c(=O)c2C1c1cccc(Cl)c1. The van der Waals surface area contributed by atoms with Crippen molar-refractivity contribution in [2.45, 2.75) is 39.2 Å². The maximum Gasteiger partial charge on any atom is 0.290 e. The van der Waals surface area contributed by atoms with Gasteiger partial charge in [0.2, 0.25) is 5.76 Å². The smallest absolute Gasteiger partial charge is 0.290 e. The van der Waals surface area contributed by atoms with Crippen molar-refractivity contribution in [2.24, 2.45) is 0 Å². The molecule has 3 aromatic rings. The lowest BCUT2D eigenvalue weighted by Crippen LogP contribution is -2.30. The van der Waals surface area contributed by atoms with Crippen LogP contribution in [-0.2, 0) is 0 Å². The Hall–Kier alpha value is -2.30. The highest BCUT2D eigenvalue weighted by atomic mass is 35.5. The molecule has 0 N–H and O–H groups in total. The lowest BCUT2D eigenvalue weighted by Gasteiger charge is -2.25. The third kappa shape index (κ3) is 3.45. The van der Waals surface area contributed by atoms with Crippen molar-refractivity contribution in [1.82, 2.24) is 4.90 Å². The predicted molar refractivity (Wildman–Crippen MR) is 116 cm³/mol. The molecule has 0 aliphatic carbocycles. The van der Waals surface area contributed by atoms with Gasteiger partial charge in [0.05, 0.1) is 17.0 Å². The van der Waals surface area contributed by atoms with Gasteiger partial charge >= 0.3 is 0 Å². The molecule has 1 amide bonds. The number of benzene rings is 2. The molecule has 0 radical (unpaired) electrons. The fourth-order valence-electron chi connectivity index (χ4n) is 3.93. The lowest BCUT2D eigenvalue weighted by molar-refractivity contribution is 0.0724. The Morgan fingerprint density at radius 1 is 1.10 bits per heavy atom. The van der Waals surface area contributed by atoms with Crippen molar-refractivity contribution < 1.29 is 9.21 Å². The van der Waals surface area contributed by atoms with Crippen LogP contribution in [-0.4, -0.2) is 17.4 Å². The van der Waals surface area contributed by atoms with Crippen LogP contribution in [0.5, 0.6) is 0 Å². The summed E-state index contributed by atoms with van der Waals surface area (Å²) in [4.78, 5) is 28.4.